The van der Waals surface area contributed by atoms with Crippen LogP contribution in [0.25, 0.3) is 0 Å². The Labute approximate surface area is 152 Å². The molecule has 0 spiro atoms. The number of aliphatic hydroxyl groups is 1. The molecule has 1 heterocycles. The minimum Gasteiger partial charge on any atom is -0.389 e. The molecule has 0 amide bonds. The van der Waals surface area contributed by atoms with E-state index >= 15 is 0 Å². The molecule has 2 aromatic carbocycles. The molecule has 1 aliphatic heterocycles. The fraction of sp³-hybridized carbons (Fsp3) is 0.478. The van der Waals surface area contributed by atoms with E-state index in [9.17, 15) is 5.11 Å². The molecule has 25 heavy (non-hydrogen) atoms. The van der Waals surface area contributed by atoms with Crippen LogP contribution in [0, 0.1) is 17.8 Å². The normalized spacial score (nSPS) is 33.6. The second-order valence-corrected chi connectivity index (χ2v) is 8.00. The highest BCUT2D eigenvalue weighted by atomic mass is 16.3. The maximum Gasteiger partial charge on any atom is 0.0757 e. The van der Waals surface area contributed by atoms with Crippen LogP contribution in [0.3, 0.4) is 0 Å². The van der Waals surface area contributed by atoms with Crippen molar-refractivity contribution in [2.24, 2.45) is 17.8 Å². The number of rotatable bonds is 3. The molecule has 0 radical (unpaired) electrons. The van der Waals surface area contributed by atoms with Gasteiger partial charge in [-0.15, -0.1) is 0 Å². The molecule has 134 valence electrons. The van der Waals surface area contributed by atoms with E-state index in [0.29, 0.717) is 0 Å². The Hall–Kier alpha value is -1.64. The van der Waals surface area contributed by atoms with Crippen molar-refractivity contribution in [2.75, 3.05) is 7.05 Å². The van der Waals surface area contributed by atoms with Crippen molar-refractivity contribution in [1.29, 1.82) is 0 Å². The van der Waals surface area contributed by atoms with Crippen LogP contribution in [0.4, 0.5) is 0 Å². The minimum atomic E-state index is -0.715. The highest BCUT2D eigenvalue weighted by Gasteiger charge is 2.55. The minimum absolute atomic E-state index is 0.148. The Morgan fingerprint density at radius 1 is 0.800 bits per heavy atom. The average Bonchev–Trinajstić information content (AvgIpc) is 2.62. The lowest BCUT2D eigenvalue weighted by atomic mass is 9.61. The SMILES string of the molecule is CC(C)C1(O)[C@H](C)[C@H](c2ccccc2)N(C)[C@@H](c2ccccc2)[C@@H]1C. The number of piperidine rings is 1. The van der Waals surface area contributed by atoms with E-state index in [1.807, 2.05) is 0 Å². The standard InChI is InChI=1S/C23H31NO/c1-16(2)23(25)17(3)21(19-12-8-6-9-13-19)24(5)22(18(23)4)20-14-10-7-11-15-20/h6-18,21-22,25H,1-5H3/t17-,18+,21-,22-,23?/m1/s1. The monoisotopic (exact) mass is 337 g/mol. The molecule has 2 nitrogen and oxygen atoms in total. The lowest BCUT2D eigenvalue weighted by Crippen LogP contribution is -2.60. The third-order valence-corrected chi connectivity index (χ3v) is 6.49. The van der Waals surface area contributed by atoms with Crippen LogP contribution in [0.1, 0.15) is 50.9 Å². The maximum atomic E-state index is 11.8. The molecule has 1 saturated heterocycles. The predicted molar refractivity (Wildman–Crippen MR) is 104 cm³/mol. The molecule has 1 N–H and O–H groups in total. The molecule has 1 aliphatic rings. The van der Waals surface area contributed by atoms with Crippen LogP contribution in [0.15, 0.2) is 60.7 Å². The Balaban J connectivity index is 2.13. The van der Waals surface area contributed by atoms with Gasteiger partial charge in [-0.05, 0) is 24.1 Å². The summed E-state index contributed by atoms with van der Waals surface area (Å²) in [5.41, 5.74) is 1.85. The topological polar surface area (TPSA) is 23.5 Å². The van der Waals surface area contributed by atoms with E-state index in [4.69, 9.17) is 0 Å². The molecular weight excluding hydrogens is 306 g/mol. The summed E-state index contributed by atoms with van der Waals surface area (Å²) < 4.78 is 0. The van der Waals surface area contributed by atoms with Gasteiger partial charge in [0.1, 0.15) is 0 Å². The molecule has 0 aliphatic carbocycles. The smallest absolute Gasteiger partial charge is 0.0757 e. The number of benzene rings is 2. The van der Waals surface area contributed by atoms with Crippen molar-refractivity contribution in [2.45, 2.75) is 45.4 Å². The molecule has 2 aromatic rings. The Kier molecular flexibility index (Phi) is 5.04. The quantitative estimate of drug-likeness (QED) is 0.845. The largest absolute Gasteiger partial charge is 0.389 e. The van der Waals surface area contributed by atoms with E-state index in [0.717, 1.165) is 0 Å². The van der Waals surface area contributed by atoms with Crippen LogP contribution in [-0.2, 0) is 0 Å². The lowest BCUT2D eigenvalue weighted by molar-refractivity contribution is -0.179. The van der Waals surface area contributed by atoms with Crippen molar-refractivity contribution in [3.63, 3.8) is 0 Å². The molecule has 5 atom stereocenters. The second-order valence-electron chi connectivity index (χ2n) is 8.00. The summed E-state index contributed by atoms with van der Waals surface area (Å²) in [5, 5.41) is 11.8. The summed E-state index contributed by atoms with van der Waals surface area (Å²) in [5.74, 6) is 0.494. The molecule has 1 unspecified atom stereocenters. The van der Waals surface area contributed by atoms with Crippen molar-refractivity contribution < 1.29 is 5.11 Å². The van der Waals surface area contributed by atoms with Crippen LogP contribution in [0.5, 0.6) is 0 Å². The van der Waals surface area contributed by atoms with Gasteiger partial charge in [-0.3, -0.25) is 4.90 Å². The highest BCUT2D eigenvalue weighted by Crippen LogP contribution is 2.54. The summed E-state index contributed by atoms with van der Waals surface area (Å²) in [4.78, 5) is 2.47. The molecule has 1 fully saturated rings. The van der Waals surface area contributed by atoms with Crippen LogP contribution in [0.2, 0.25) is 0 Å². The fourth-order valence-corrected chi connectivity index (χ4v) is 5.20. The van der Waals surface area contributed by atoms with Gasteiger partial charge in [0.2, 0.25) is 0 Å². The van der Waals surface area contributed by atoms with Crippen LogP contribution < -0.4 is 0 Å². The first-order chi connectivity index (χ1) is 11.9. The second kappa shape index (κ2) is 6.93. The molecular formula is C23H31NO. The van der Waals surface area contributed by atoms with E-state index < -0.39 is 5.60 Å². The zero-order chi connectivity index (χ0) is 18.2. The van der Waals surface area contributed by atoms with Crippen molar-refractivity contribution >= 4 is 0 Å². The van der Waals surface area contributed by atoms with Crippen molar-refractivity contribution in [3.8, 4) is 0 Å². The first kappa shape index (κ1) is 18.2. The van der Waals surface area contributed by atoms with Gasteiger partial charge in [0.15, 0.2) is 0 Å². The van der Waals surface area contributed by atoms with Gasteiger partial charge >= 0.3 is 0 Å². The Morgan fingerprint density at radius 3 is 1.48 bits per heavy atom. The first-order valence-electron chi connectivity index (χ1n) is 9.43. The fourth-order valence-electron chi connectivity index (χ4n) is 5.20. The van der Waals surface area contributed by atoms with Gasteiger partial charge in [0.05, 0.1) is 5.60 Å². The molecule has 3 rings (SSSR count). The van der Waals surface area contributed by atoms with Crippen molar-refractivity contribution in [3.05, 3.63) is 71.8 Å². The number of hydrogen-bond acceptors (Lipinski definition) is 2. The van der Waals surface area contributed by atoms with Gasteiger partial charge in [-0.25, -0.2) is 0 Å². The molecule has 0 saturated carbocycles. The van der Waals surface area contributed by atoms with Crippen molar-refractivity contribution in [1.82, 2.24) is 4.90 Å². The molecule has 2 heteroatoms. The van der Waals surface area contributed by atoms with Crippen LogP contribution in [-0.4, -0.2) is 22.7 Å². The van der Waals surface area contributed by atoms with E-state index in [1.54, 1.807) is 0 Å². The van der Waals surface area contributed by atoms with Gasteiger partial charge in [-0.1, -0.05) is 88.4 Å². The summed E-state index contributed by atoms with van der Waals surface area (Å²) in [7, 11) is 2.21. The molecule has 0 aromatic heterocycles. The highest BCUT2D eigenvalue weighted by molar-refractivity contribution is 5.28. The lowest BCUT2D eigenvalue weighted by Gasteiger charge is -2.58. The zero-order valence-corrected chi connectivity index (χ0v) is 16.1. The summed E-state index contributed by atoms with van der Waals surface area (Å²) >= 11 is 0. The van der Waals surface area contributed by atoms with Crippen LogP contribution >= 0.6 is 0 Å². The van der Waals surface area contributed by atoms with E-state index in [1.165, 1.54) is 11.1 Å². The van der Waals surface area contributed by atoms with E-state index in [-0.39, 0.29) is 29.8 Å². The number of nitrogens with zero attached hydrogens (tertiary/aromatic N) is 1. The van der Waals surface area contributed by atoms with Gasteiger partial charge in [0.25, 0.3) is 0 Å². The Morgan fingerprint density at radius 2 is 1.16 bits per heavy atom. The average molecular weight is 338 g/mol. The third kappa shape index (κ3) is 2.92. The molecule has 0 bridgehead atoms. The maximum absolute atomic E-state index is 11.8. The Bertz CT molecular complexity index is 628. The van der Waals surface area contributed by atoms with Gasteiger partial charge in [0, 0.05) is 23.9 Å². The predicted octanol–water partition coefficient (Wildman–Crippen LogP) is 5.07. The van der Waals surface area contributed by atoms with E-state index in [2.05, 4.69) is 100 Å². The number of likely N-dealkylation sites (tertiary alicyclic amines) is 1. The third-order valence-electron chi connectivity index (χ3n) is 6.49. The van der Waals surface area contributed by atoms with Gasteiger partial charge in [-0.2, -0.15) is 0 Å². The summed E-state index contributed by atoms with van der Waals surface area (Å²) in [6, 6.07) is 21.6. The summed E-state index contributed by atoms with van der Waals surface area (Å²) in [6.07, 6.45) is 0. The summed E-state index contributed by atoms with van der Waals surface area (Å²) in [6.45, 7) is 8.74. The van der Waals surface area contributed by atoms with Gasteiger partial charge < -0.3 is 5.11 Å². The zero-order valence-electron chi connectivity index (χ0n) is 16.1. The first-order valence-corrected chi connectivity index (χ1v) is 9.43. The number of hydrogen-bond donors (Lipinski definition) is 1.